The molecule has 6 heteroatoms. The van der Waals surface area contributed by atoms with Crippen LogP contribution in [0.2, 0.25) is 0 Å². The van der Waals surface area contributed by atoms with E-state index >= 15 is 0 Å². The van der Waals surface area contributed by atoms with Gasteiger partial charge in [-0.15, -0.1) is 0 Å². The first-order valence-electron chi connectivity index (χ1n) is 5.49. The van der Waals surface area contributed by atoms with E-state index in [0.29, 0.717) is 0 Å². The molecular weight excluding hydrogens is 204 g/mol. The first kappa shape index (κ1) is 9.53. The number of hydrogen-bond donors (Lipinski definition) is 2. The van der Waals surface area contributed by atoms with Crippen LogP contribution in [0.15, 0.2) is 12.5 Å². The van der Waals surface area contributed by atoms with Crippen molar-refractivity contribution in [1.82, 2.24) is 20.2 Å². The fraction of sp³-hybridized carbons (Fsp3) is 0.500. The van der Waals surface area contributed by atoms with Crippen LogP contribution in [0, 0.1) is 0 Å². The Morgan fingerprint density at radius 2 is 2.38 bits per heavy atom. The van der Waals surface area contributed by atoms with Gasteiger partial charge in [-0.1, -0.05) is 0 Å². The Labute approximate surface area is 92.9 Å². The maximum Gasteiger partial charge on any atom is 0.160 e. The Bertz CT molecular complexity index is 493. The number of fused-ring (bicyclic) bond motifs is 1. The number of piperidine rings is 1. The van der Waals surface area contributed by atoms with Gasteiger partial charge in [0.15, 0.2) is 5.65 Å². The second kappa shape index (κ2) is 3.71. The van der Waals surface area contributed by atoms with E-state index in [2.05, 4.69) is 25.1 Å². The number of nitrogens with zero attached hydrogens (tertiary/aromatic N) is 4. The van der Waals surface area contributed by atoms with E-state index in [-0.39, 0.29) is 6.04 Å². The Hall–Kier alpha value is -1.69. The number of H-pyrrole nitrogens is 1. The summed E-state index contributed by atoms with van der Waals surface area (Å²) in [5.41, 5.74) is 6.75. The van der Waals surface area contributed by atoms with Crippen molar-refractivity contribution in [2.45, 2.75) is 18.9 Å². The first-order chi connectivity index (χ1) is 7.84. The maximum absolute atomic E-state index is 5.97. The molecule has 0 aromatic carbocycles. The second-order valence-electron chi connectivity index (χ2n) is 4.18. The van der Waals surface area contributed by atoms with Crippen molar-refractivity contribution >= 4 is 16.9 Å². The van der Waals surface area contributed by atoms with Gasteiger partial charge < -0.3 is 10.6 Å². The molecule has 0 bridgehead atoms. The van der Waals surface area contributed by atoms with Gasteiger partial charge in [0.1, 0.15) is 12.1 Å². The van der Waals surface area contributed by atoms with Gasteiger partial charge in [0.05, 0.1) is 11.6 Å². The highest BCUT2D eigenvalue weighted by atomic mass is 15.2. The first-order valence-corrected chi connectivity index (χ1v) is 5.49. The predicted octanol–water partition coefficient (Wildman–Crippen LogP) is 0.280. The molecule has 1 atom stereocenters. The van der Waals surface area contributed by atoms with Crippen LogP contribution in [0.3, 0.4) is 0 Å². The molecule has 0 aliphatic carbocycles. The molecule has 84 valence electrons. The minimum Gasteiger partial charge on any atom is -0.354 e. The van der Waals surface area contributed by atoms with Crippen LogP contribution in [0.25, 0.3) is 11.0 Å². The molecule has 0 spiro atoms. The molecule has 3 heterocycles. The summed E-state index contributed by atoms with van der Waals surface area (Å²) in [4.78, 5) is 10.7. The van der Waals surface area contributed by atoms with E-state index < -0.39 is 0 Å². The van der Waals surface area contributed by atoms with Crippen molar-refractivity contribution in [3.8, 4) is 0 Å². The summed E-state index contributed by atoms with van der Waals surface area (Å²) in [6.07, 6.45) is 5.54. The fourth-order valence-electron chi connectivity index (χ4n) is 2.21. The number of aromatic amines is 1. The summed E-state index contributed by atoms with van der Waals surface area (Å²) in [5.74, 6) is 0.939. The lowest BCUT2D eigenvalue weighted by Gasteiger charge is -2.31. The average Bonchev–Trinajstić information content (AvgIpc) is 2.76. The molecule has 16 heavy (non-hydrogen) atoms. The molecule has 3 rings (SSSR count). The molecule has 1 aliphatic rings. The Balaban J connectivity index is 2.01. The molecule has 1 fully saturated rings. The van der Waals surface area contributed by atoms with E-state index in [1.54, 1.807) is 12.5 Å². The van der Waals surface area contributed by atoms with Gasteiger partial charge in [-0.25, -0.2) is 9.97 Å². The van der Waals surface area contributed by atoms with Gasteiger partial charge in [0, 0.05) is 19.1 Å². The maximum atomic E-state index is 5.97. The lowest BCUT2D eigenvalue weighted by Crippen LogP contribution is -2.43. The van der Waals surface area contributed by atoms with Crippen molar-refractivity contribution < 1.29 is 0 Å². The van der Waals surface area contributed by atoms with E-state index in [1.807, 2.05) is 0 Å². The van der Waals surface area contributed by atoms with Crippen LogP contribution < -0.4 is 10.6 Å². The molecule has 6 nitrogen and oxygen atoms in total. The van der Waals surface area contributed by atoms with Crippen molar-refractivity contribution in [2.75, 3.05) is 18.0 Å². The third-order valence-electron chi connectivity index (χ3n) is 2.98. The second-order valence-corrected chi connectivity index (χ2v) is 4.18. The largest absolute Gasteiger partial charge is 0.354 e. The van der Waals surface area contributed by atoms with Crippen LogP contribution in [0.5, 0.6) is 0 Å². The SMILES string of the molecule is N[C@@H]1CCCN(c2ncnc3[nH]ncc23)C1. The van der Waals surface area contributed by atoms with E-state index in [4.69, 9.17) is 5.73 Å². The molecule has 2 aromatic heterocycles. The number of rotatable bonds is 1. The van der Waals surface area contributed by atoms with Crippen LogP contribution in [-0.2, 0) is 0 Å². The smallest absolute Gasteiger partial charge is 0.160 e. The van der Waals surface area contributed by atoms with Crippen LogP contribution in [0.1, 0.15) is 12.8 Å². The van der Waals surface area contributed by atoms with Crippen LogP contribution in [0.4, 0.5) is 5.82 Å². The zero-order valence-corrected chi connectivity index (χ0v) is 8.93. The number of aromatic nitrogens is 4. The fourth-order valence-corrected chi connectivity index (χ4v) is 2.21. The Morgan fingerprint density at radius 3 is 3.25 bits per heavy atom. The molecule has 0 radical (unpaired) electrons. The summed E-state index contributed by atoms with van der Waals surface area (Å²) >= 11 is 0. The summed E-state index contributed by atoms with van der Waals surface area (Å²) in [6, 6.07) is 0.241. The van der Waals surface area contributed by atoms with Crippen LogP contribution >= 0.6 is 0 Å². The quantitative estimate of drug-likeness (QED) is 0.718. The molecule has 3 N–H and O–H groups in total. The average molecular weight is 218 g/mol. The molecule has 0 amide bonds. The lowest BCUT2D eigenvalue weighted by atomic mass is 10.1. The standard InChI is InChI=1S/C10H14N6/c11-7-2-1-3-16(5-7)10-8-4-14-15-9(8)12-6-13-10/h4,6-7H,1-3,5,11H2,(H,12,13,14,15)/t7-/m1/s1. The van der Waals surface area contributed by atoms with Crippen molar-refractivity contribution in [3.05, 3.63) is 12.5 Å². The highest BCUT2D eigenvalue weighted by Crippen LogP contribution is 2.23. The summed E-state index contributed by atoms with van der Waals surface area (Å²) in [5, 5.41) is 7.81. The number of anilines is 1. The van der Waals surface area contributed by atoms with Gasteiger partial charge in [0.2, 0.25) is 0 Å². The Morgan fingerprint density at radius 1 is 1.44 bits per heavy atom. The highest BCUT2D eigenvalue weighted by molar-refractivity contribution is 5.86. The summed E-state index contributed by atoms with van der Waals surface area (Å²) < 4.78 is 0. The minimum absolute atomic E-state index is 0.241. The Kier molecular flexibility index (Phi) is 2.21. The molecular formula is C10H14N6. The van der Waals surface area contributed by atoms with Crippen molar-refractivity contribution in [3.63, 3.8) is 0 Å². The molecule has 0 unspecified atom stereocenters. The van der Waals surface area contributed by atoms with Gasteiger partial charge in [0.25, 0.3) is 0 Å². The third kappa shape index (κ3) is 1.51. The van der Waals surface area contributed by atoms with E-state index in [0.717, 1.165) is 42.8 Å². The highest BCUT2D eigenvalue weighted by Gasteiger charge is 2.20. The minimum atomic E-state index is 0.241. The molecule has 0 saturated carbocycles. The number of nitrogens with two attached hydrogens (primary N) is 1. The third-order valence-corrected chi connectivity index (χ3v) is 2.98. The van der Waals surface area contributed by atoms with Gasteiger partial charge in [-0.3, -0.25) is 5.10 Å². The van der Waals surface area contributed by atoms with Crippen molar-refractivity contribution in [1.29, 1.82) is 0 Å². The zero-order valence-electron chi connectivity index (χ0n) is 8.93. The van der Waals surface area contributed by atoms with E-state index in [1.165, 1.54) is 0 Å². The van der Waals surface area contributed by atoms with E-state index in [9.17, 15) is 0 Å². The van der Waals surface area contributed by atoms with Gasteiger partial charge >= 0.3 is 0 Å². The monoisotopic (exact) mass is 218 g/mol. The lowest BCUT2D eigenvalue weighted by molar-refractivity contribution is 0.504. The number of nitrogens with one attached hydrogen (secondary N) is 1. The van der Waals surface area contributed by atoms with Crippen molar-refractivity contribution in [2.24, 2.45) is 5.73 Å². The summed E-state index contributed by atoms with van der Waals surface area (Å²) in [6.45, 7) is 1.86. The topological polar surface area (TPSA) is 83.7 Å². The zero-order chi connectivity index (χ0) is 11.0. The van der Waals surface area contributed by atoms with Gasteiger partial charge in [-0.2, -0.15) is 5.10 Å². The van der Waals surface area contributed by atoms with Crippen LogP contribution in [-0.4, -0.2) is 39.3 Å². The normalized spacial score (nSPS) is 21.6. The van der Waals surface area contributed by atoms with Gasteiger partial charge in [-0.05, 0) is 12.8 Å². The number of hydrogen-bond acceptors (Lipinski definition) is 5. The summed E-state index contributed by atoms with van der Waals surface area (Å²) in [7, 11) is 0. The predicted molar refractivity (Wildman–Crippen MR) is 61.1 cm³/mol. The molecule has 1 aliphatic heterocycles. The molecule has 1 saturated heterocycles. The molecule has 2 aromatic rings.